The van der Waals surface area contributed by atoms with Gasteiger partial charge in [-0.15, -0.1) is 0 Å². The second-order valence-electron chi connectivity index (χ2n) is 6.31. The fraction of sp³-hybridized carbons (Fsp3) is 0.300. The zero-order valence-electron chi connectivity index (χ0n) is 14.9. The molecule has 2 aromatic rings. The molecule has 136 valence electrons. The van der Waals surface area contributed by atoms with Crippen molar-refractivity contribution in [3.8, 4) is 11.8 Å². The number of halogens is 1. The smallest absolute Gasteiger partial charge is 0.319 e. The summed E-state index contributed by atoms with van der Waals surface area (Å²) in [5.74, 6) is 0.0116. The van der Waals surface area contributed by atoms with Crippen molar-refractivity contribution in [2.75, 3.05) is 11.9 Å². The second kappa shape index (κ2) is 9.42. The van der Waals surface area contributed by atoms with Gasteiger partial charge in [0.1, 0.15) is 6.61 Å². The fourth-order valence-corrected chi connectivity index (χ4v) is 2.24. The van der Waals surface area contributed by atoms with Crippen LogP contribution >= 0.6 is 0 Å². The number of nitriles is 1. The third-order valence-electron chi connectivity index (χ3n) is 3.65. The molecule has 0 bridgehead atoms. The van der Waals surface area contributed by atoms with Crippen molar-refractivity contribution in [2.45, 2.75) is 26.9 Å². The molecule has 0 heterocycles. The van der Waals surface area contributed by atoms with Crippen LogP contribution in [0.15, 0.2) is 42.5 Å². The molecule has 0 saturated carbocycles. The monoisotopic (exact) mass is 355 g/mol. The molecule has 0 aliphatic rings. The summed E-state index contributed by atoms with van der Waals surface area (Å²) in [5, 5.41) is 14.2. The van der Waals surface area contributed by atoms with Crippen LogP contribution in [0.3, 0.4) is 0 Å². The van der Waals surface area contributed by atoms with Crippen LogP contribution in [0.25, 0.3) is 0 Å². The number of nitrogens with zero attached hydrogens (tertiary/aromatic N) is 1. The Balaban J connectivity index is 1.90. The molecule has 0 unspecified atom stereocenters. The van der Waals surface area contributed by atoms with E-state index >= 15 is 0 Å². The number of hydrogen-bond acceptors (Lipinski definition) is 3. The summed E-state index contributed by atoms with van der Waals surface area (Å²) in [6, 6.07) is 12.9. The lowest BCUT2D eigenvalue weighted by atomic mass is 10.1. The van der Waals surface area contributed by atoms with Crippen molar-refractivity contribution < 1.29 is 13.9 Å². The highest BCUT2D eigenvalue weighted by Crippen LogP contribution is 2.22. The molecule has 0 spiro atoms. The van der Waals surface area contributed by atoms with Crippen molar-refractivity contribution in [1.29, 1.82) is 5.26 Å². The minimum absolute atomic E-state index is 0.0816. The fourth-order valence-electron chi connectivity index (χ4n) is 2.24. The van der Waals surface area contributed by atoms with Crippen LogP contribution in [-0.2, 0) is 6.61 Å². The van der Waals surface area contributed by atoms with Crippen LogP contribution in [0.1, 0.15) is 31.4 Å². The Morgan fingerprint density at radius 1 is 1.27 bits per heavy atom. The number of hydrogen-bond donors (Lipinski definition) is 2. The first-order chi connectivity index (χ1) is 12.5. The molecule has 2 rings (SSSR count). The third kappa shape index (κ3) is 6.10. The summed E-state index contributed by atoms with van der Waals surface area (Å²) in [6.45, 7) is 4.86. The molecule has 0 aromatic heterocycles. The largest absolute Gasteiger partial charge is 0.486 e. The highest BCUT2D eigenvalue weighted by Gasteiger charge is 2.08. The van der Waals surface area contributed by atoms with Gasteiger partial charge in [0.15, 0.2) is 11.6 Å². The Morgan fingerprint density at radius 2 is 2.08 bits per heavy atom. The predicted molar refractivity (Wildman–Crippen MR) is 98.4 cm³/mol. The normalized spacial score (nSPS) is 10.3. The minimum atomic E-state index is -0.568. The first-order valence-electron chi connectivity index (χ1n) is 8.44. The van der Waals surface area contributed by atoms with E-state index < -0.39 is 5.82 Å². The number of nitrogens with one attached hydrogen (secondary N) is 2. The summed E-state index contributed by atoms with van der Waals surface area (Å²) in [4.78, 5) is 11.8. The highest BCUT2D eigenvalue weighted by molar-refractivity contribution is 5.89. The highest BCUT2D eigenvalue weighted by atomic mass is 19.1. The minimum Gasteiger partial charge on any atom is -0.486 e. The topological polar surface area (TPSA) is 74.2 Å². The van der Waals surface area contributed by atoms with Crippen molar-refractivity contribution in [2.24, 2.45) is 5.92 Å². The lowest BCUT2D eigenvalue weighted by molar-refractivity contribution is 0.251. The van der Waals surface area contributed by atoms with Crippen LogP contribution in [0.5, 0.6) is 5.75 Å². The SMILES string of the molecule is CC(C)CCNC(=O)Nc1ccc(OCc2cccc(C#N)c2)c(F)c1. The maximum absolute atomic E-state index is 14.2. The molecular formula is C20H22FN3O2. The maximum Gasteiger partial charge on any atom is 0.319 e. The van der Waals surface area contributed by atoms with Crippen molar-refractivity contribution in [1.82, 2.24) is 5.32 Å². The van der Waals surface area contributed by atoms with E-state index in [0.29, 0.717) is 23.7 Å². The molecule has 26 heavy (non-hydrogen) atoms. The summed E-state index contributed by atoms with van der Waals surface area (Å²) in [7, 11) is 0. The van der Waals surface area contributed by atoms with Gasteiger partial charge in [0, 0.05) is 18.3 Å². The first-order valence-corrected chi connectivity index (χ1v) is 8.44. The number of benzene rings is 2. The summed E-state index contributed by atoms with van der Waals surface area (Å²) >= 11 is 0. The molecule has 0 saturated heterocycles. The Bertz CT molecular complexity index is 800. The van der Waals surface area contributed by atoms with Gasteiger partial charge >= 0.3 is 6.03 Å². The predicted octanol–water partition coefficient (Wildman–Crippen LogP) is 4.44. The third-order valence-corrected chi connectivity index (χ3v) is 3.65. The van der Waals surface area contributed by atoms with Crippen LogP contribution in [-0.4, -0.2) is 12.6 Å². The average Bonchev–Trinajstić information content (AvgIpc) is 2.61. The van der Waals surface area contributed by atoms with E-state index in [0.717, 1.165) is 12.0 Å². The Morgan fingerprint density at radius 3 is 2.77 bits per heavy atom. The van der Waals surface area contributed by atoms with E-state index in [1.165, 1.54) is 12.1 Å². The number of carbonyl (C=O) groups is 1. The number of urea groups is 1. The Hall–Kier alpha value is -3.07. The molecule has 0 aliphatic heterocycles. The Kier molecular flexibility index (Phi) is 6.98. The lowest BCUT2D eigenvalue weighted by Gasteiger charge is -2.11. The number of carbonyl (C=O) groups excluding carboxylic acids is 1. The molecule has 5 nitrogen and oxygen atoms in total. The van der Waals surface area contributed by atoms with Gasteiger partial charge in [0.2, 0.25) is 0 Å². The molecule has 0 aliphatic carbocycles. The van der Waals surface area contributed by atoms with E-state index in [4.69, 9.17) is 10.00 Å². The van der Waals surface area contributed by atoms with E-state index in [9.17, 15) is 9.18 Å². The van der Waals surface area contributed by atoms with Gasteiger partial charge in [-0.05, 0) is 42.2 Å². The van der Waals surface area contributed by atoms with Crippen LogP contribution in [0.4, 0.5) is 14.9 Å². The van der Waals surface area contributed by atoms with E-state index in [1.54, 1.807) is 30.3 Å². The zero-order chi connectivity index (χ0) is 18.9. The van der Waals surface area contributed by atoms with Gasteiger partial charge in [0.05, 0.1) is 11.6 Å². The summed E-state index contributed by atoms with van der Waals surface area (Å²) in [5.41, 5.74) is 1.65. The lowest BCUT2D eigenvalue weighted by Crippen LogP contribution is -2.30. The number of rotatable bonds is 7. The van der Waals surface area contributed by atoms with E-state index in [-0.39, 0.29) is 18.4 Å². The van der Waals surface area contributed by atoms with Crippen LogP contribution in [0, 0.1) is 23.1 Å². The molecule has 0 atom stereocenters. The van der Waals surface area contributed by atoms with Gasteiger partial charge in [-0.1, -0.05) is 26.0 Å². The van der Waals surface area contributed by atoms with Gasteiger partial charge in [-0.2, -0.15) is 5.26 Å². The molecule has 2 N–H and O–H groups in total. The number of anilines is 1. The first kappa shape index (κ1) is 19.3. The van der Waals surface area contributed by atoms with E-state index in [1.807, 2.05) is 6.07 Å². The van der Waals surface area contributed by atoms with E-state index in [2.05, 4.69) is 24.5 Å². The molecular weight excluding hydrogens is 333 g/mol. The van der Waals surface area contributed by atoms with Crippen LogP contribution < -0.4 is 15.4 Å². The molecule has 0 fully saturated rings. The molecule has 2 aromatic carbocycles. The van der Waals surface area contributed by atoms with Crippen molar-refractivity contribution in [3.63, 3.8) is 0 Å². The quantitative estimate of drug-likeness (QED) is 0.771. The summed E-state index contributed by atoms with van der Waals surface area (Å²) < 4.78 is 19.6. The maximum atomic E-state index is 14.2. The van der Waals surface area contributed by atoms with Gasteiger partial charge < -0.3 is 15.4 Å². The van der Waals surface area contributed by atoms with Crippen molar-refractivity contribution >= 4 is 11.7 Å². The van der Waals surface area contributed by atoms with Gasteiger partial charge in [0.25, 0.3) is 0 Å². The average molecular weight is 355 g/mol. The second-order valence-corrected chi connectivity index (χ2v) is 6.31. The standard InChI is InChI=1S/C20H22FN3O2/c1-14(2)8-9-23-20(25)24-17-6-7-19(18(21)11-17)26-13-16-5-3-4-15(10-16)12-22/h3-7,10-11,14H,8-9,13H2,1-2H3,(H2,23,24,25). The van der Waals surface area contributed by atoms with Gasteiger partial charge in [-0.25, -0.2) is 9.18 Å². The molecule has 2 amide bonds. The number of ether oxygens (including phenoxy) is 1. The Labute approximate surface area is 152 Å². The number of amides is 2. The van der Waals surface area contributed by atoms with Gasteiger partial charge in [-0.3, -0.25) is 0 Å². The van der Waals surface area contributed by atoms with Crippen molar-refractivity contribution in [3.05, 3.63) is 59.4 Å². The molecule has 0 radical (unpaired) electrons. The molecule has 6 heteroatoms. The summed E-state index contributed by atoms with van der Waals surface area (Å²) in [6.07, 6.45) is 0.877. The zero-order valence-corrected chi connectivity index (χ0v) is 14.9. The van der Waals surface area contributed by atoms with Crippen LogP contribution in [0.2, 0.25) is 0 Å².